The first kappa shape index (κ1) is 18.1. The Bertz CT molecular complexity index is 1210. The van der Waals surface area contributed by atoms with Crippen LogP contribution in [0.2, 0.25) is 0 Å². The van der Waals surface area contributed by atoms with Crippen molar-refractivity contribution in [3.8, 4) is 6.07 Å². The van der Waals surface area contributed by atoms with Crippen LogP contribution >= 0.6 is 0 Å². The van der Waals surface area contributed by atoms with Crippen LogP contribution in [0.1, 0.15) is 38.1 Å². The maximum atomic E-state index is 12.8. The molecule has 8 nitrogen and oxygen atoms in total. The molecule has 29 heavy (non-hydrogen) atoms. The first-order chi connectivity index (χ1) is 14.1. The number of H-pyrrole nitrogens is 2. The quantitative estimate of drug-likeness (QED) is 0.709. The van der Waals surface area contributed by atoms with Gasteiger partial charge in [-0.1, -0.05) is 0 Å². The van der Waals surface area contributed by atoms with Gasteiger partial charge in [0.25, 0.3) is 5.56 Å². The van der Waals surface area contributed by atoms with Crippen LogP contribution in [0.25, 0.3) is 21.9 Å². The van der Waals surface area contributed by atoms with Crippen molar-refractivity contribution >= 4 is 21.9 Å². The zero-order valence-electron chi connectivity index (χ0n) is 16.2. The smallest absolute Gasteiger partial charge is 0.329 e. The van der Waals surface area contributed by atoms with Gasteiger partial charge in [0.15, 0.2) is 0 Å². The number of rotatable bonds is 3. The molecule has 0 aromatic carbocycles. The van der Waals surface area contributed by atoms with Gasteiger partial charge in [0, 0.05) is 36.9 Å². The van der Waals surface area contributed by atoms with E-state index in [-0.39, 0.29) is 23.2 Å². The Hall–Kier alpha value is -2.92. The molecule has 1 saturated carbocycles. The Morgan fingerprint density at radius 2 is 2.00 bits per heavy atom. The highest BCUT2D eigenvalue weighted by molar-refractivity contribution is 6.01. The van der Waals surface area contributed by atoms with Crippen LogP contribution < -0.4 is 11.2 Å². The number of hydrogen-bond acceptors (Lipinski definition) is 5. The Morgan fingerprint density at radius 3 is 2.76 bits per heavy atom. The molecule has 3 aromatic rings. The molecule has 1 unspecified atom stereocenters. The fourth-order valence-corrected chi connectivity index (χ4v) is 5.15. The second-order valence-corrected chi connectivity index (χ2v) is 8.44. The minimum absolute atomic E-state index is 0.0732. The molecule has 2 aliphatic rings. The summed E-state index contributed by atoms with van der Waals surface area (Å²) in [6, 6.07) is 4.34. The van der Waals surface area contributed by atoms with E-state index in [1.54, 1.807) is 17.0 Å². The maximum absolute atomic E-state index is 12.8. The molecule has 1 aliphatic heterocycles. The van der Waals surface area contributed by atoms with E-state index in [0.29, 0.717) is 22.5 Å². The molecule has 0 spiro atoms. The average molecular weight is 392 g/mol. The average Bonchev–Trinajstić information content (AvgIpc) is 3.38. The van der Waals surface area contributed by atoms with Gasteiger partial charge in [-0.05, 0) is 50.6 Å². The fourth-order valence-electron chi connectivity index (χ4n) is 5.15. The molecular formula is C21H24N6O2. The molecule has 0 bridgehead atoms. The Morgan fingerprint density at radius 1 is 1.17 bits per heavy atom. The summed E-state index contributed by atoms with van der Waals surface area (Å²) in [6.45, 7) is 2.94. The molecule has 3 aromatic heterocycles. The predicted octanol–water partition coefficient (Wildman–Crippen LogP) is 2.14. The number of fused-ring (bicyclic) bond motifs is 3. The van der Waals surface area contributed by atoms with E-state index >= 15 is 0 Å². The third-order valence-corrected chi connectivity index (χ3v) is 6.64. The number of nitrogens with one attached hydrogen (secondary N) is 2. The molecule has 4 heterocycles. The van der Waals surface area contributed by atoms with Crippen LogP contribution in [0.5, 0.6) is 0 Å². The lowest BCUT2D eigenvalue weighted by Crippen LogP contribution is -2.36. The summed E-state index contributed by atoms with van der Waals surface area (Å²) >= 11 is 0. The van der Waals surface area contributed by atoms with E-state index in [1.807, 2.05) is 6.07 Å². The zero-order chi connectivity index (χ0) is 20.0. The molecule has 2 N–H and O–H groups in total. The third kappa shape index (κ3) is 3.15. The summed E-state index contributed by atoms with van der Waals surface area (Å²) in [5.74, 6) is 0.775. The monoisotopic (exact) mass is 392 g/mol. The van der Waals surface area contributed by atoms with E-state index < -0.39 is 0 Å². The molecule has 1 aliphatic carbocycles. The third-order valence-electron chi connectivity index (χ3n) is 6.64. The van der Waals surface area contributed by atoms with Gasteiger partial charge in [0.05, 0.1) is 22.9 Å². The topological polar surface area (TPSA) is 111 Å². The molecule has 2 fully saturated rings. The summed E-state index contributed by atoms with van der Waals surface area (Å²) in [7, 11) is 0. The minimum Gasteiger partial charge on any atom is -0.346 e. The SMILES string of the molecule is N#CC1CCN(CC2CCC(n3c(=O)[nH]c(=O)c4cnc5[nH]ccc5c43)CC2)C1. The molecule has 8 heteroatoms. The largest absolute Gasteiger partial charge is 0.346 e. The molecule has 1 atom stereocenters. The van der Waals surface area contributed by atoms with Crippen molar-refractivity contribution in [3.05, 3.63) is 39.3 Å². The Kier molecular flexibility index (Phi) is 4.47. The van der Waals surface area contributed by atoms with E-state index in [4.69, 9.17) is 5.26 Å². The normalized spacial score (nSPS) is 25.6. The van der Waals surface area contributed by atoms with Crippen LogP contribution in [0.15, 0.2) is 28.0 Å². The first-order valence-corrected chi connectivity index (χ1v) is 10.4. The predicted molar refractivity (Wildman–Crippen MR) is 110 cm³/mol. The number of nitrogens with zero attached hydrogens (tertiary/aromatic N) is 4. The van der Waals surface area contributed by atoms with Gasteiger partial charge in [0.2, 0.25) is 0 Å². The van der Waals surface area contributed by atoms with Crippen LogP contribution in [0.4, 0.5) is 0 Å². The number of aromatic nitrogens is 4. The van der Waals surface area contributed by atoms with Gasteiger partial charge in [-0.25, -0.2) is 9.78 Å². The minimum atomic E-state index is -0.383. The highest BCUT2D eigenvalue weighted by atomic mass is 16.2. The molecular weight excluding hydrogens is 368 g/mol. The molecule has 1 saturated heterocycles. The van der Waals surface area contributed by atoms with Gasteiger partial charge in [-0.3, -0.25) is 14.3 Å². The summed E-state index contributed by atoms with van der Waals surface area (Å²) in [5.41, 5.74) is 0.651. The number of pyridine rings is 1. The van der Waals surface area contributed by atoms with Crippen molar-refractivity contribution in [1.82, 2.24) is 24.4 Å². The summed E-state index contributed by atoms with van der Waals surface area (Å²) < 4.78 is 1.78. The maximum Gasteiger partial charge on any atom is 0.329 e. The Balaban J connectivity index is 1.41. The molecule has 0 radical (unpaired) electrons. The van der Waals surface area contributed by atoms with Crippen LogP contribution in [0, 0.1) is 23.2 Å². The number of hydrogen-bond donors (Lipinski definition) is 2. The number of aromatic amines is 2. The van der Waals surface area contributed by atoms with Crippen LogP contribution in [-0.4, -0.2) is 44.1 Å². The summed E-state index contributed by atoms with van der Waals surface area (Å²) in [6.07, 6.45) is 8.23. The highest BCUT2D eigenvalue weighted by Crippen LogP contribution is 2.34. The van der Waals surface area contributed by atoms with E-state index in [9.17, 15) is 9.59 Å². The standard InChI is InChI=1S/C21H24N6O2/c22-9-14-6-8-26(12-14)11-13-1-3-15(4-2-13)27-18-16-5-7-23-19(16)24-10-17(18)20(28)25-21(27)29/h5,7,10,13-15H,1-4,6,8,11-12H2,(H,23,24)(H,25,28,29). The number of nitriles is 1. The van der Waals surface area contributed by atoms with E-state index in [1.165, 1.54) is 0 Å². The summed E-state index contributed by atoms with van der Waals surface area (Å²) in [4.78, 5) is 37.4. The van der Waals surface area contributed by atoms with Crippen molar-refractivity contribution < 1.29 is 0 Å². The van der Waals surface area contributed by atoms with E-state index in [2.05, 4.69) is 25.9 Å². The van der Waals surface area contributed by atoms with Gasteiger partial charge in [0.1, 0.15) is 5.65 Å². The van der Waals surface area contributed by atoms with E-state index in [0.717, 1.165) is 57.1 Å². The second kappa shape index (κ2) is 7.16. The summed E-state index contributed by atoms with van der Waals surface area (Å²) in [5, 5.41) is 10.4. The van der Waals surface area contributed by atoms with Crippen molar-refractivity contribution in [2.45, 2.75) is 38.1 Å². The van der Waals surface area contributed by atoms with Crippen molar-refractivity contribution in [2.24, 2.45) is 11.8 Å². The second-order valence-electron chi connectivity index (χ2n) is 8.44. The van der Waals surface area contributed by atoms with Crippen LogP contribution in [0.3, 0.4) is 0 Å². The van der Waals surface area contributed by atoms with Crippen molar-refractivity contribution in [3.63, 3.8) is 0 Å². The van der Waals surface area contributed by atoms with Gasteiger partial charge in [-0.15, -0.1) is 0 Å². The lowest BCUT2D eigenvalue weighted by Gasteiger charge is -2.32. The Labute approximate surface area is 167 Å². The molecule has 5 rings (SSSR count). The van der Waals surface area contributed by atoms with Crippen molar-refractivity contribution in [1.29, 1.82) is 5.26 Å². The molecule has 150 valence electrons. The highest BCUT2D eigenvalue weighted by Gasteiger charge is 2.29. The van der Waals surface area contributed by atoms with Crippen molar-refractivity contribution in [2.75, 3.05) is 19.6 Å². The number of likely N-dealkylation sites (tertiary alicyclic amines) is 1. The van der Waals surface area contributed by atoms with Gasteiger partial charge < -0.3 is 9.88 Å². The zero-order valence-corrected chi connectivity index (χ0v) is 16.2. The van der Waals surface area contributed by atoms with Gasteiger partial charge in [-0.2, -0.15) is 5.26 Å². The van der Waals surface area contributed by atoms with Gasteiger partial charge >= 0.3 is 5.69 Å². The fraction of sp³-hybridized carbons (Fsp3) is 0.524. The first-order valence-electron chi connectivity index (χ1n) is 10.4. The van der Waals surface area contributed by atoms with Crippen LogP contribution in [-0.2, 0) is 0 Å². The molecule has 0 amide bonds. The lowest BCUT2D eigenvalue weighted by molar-refractivity contribution is 0.202. The lowest BCUT2D eigenvalue weighted by atomic mass is 9.85.